The van der Waals surface area contributed by atoms with Gasteiger partial charge in [0.2, 0.25) is 0 Å². The van der Waals surface area contributed by atoms with Gasteiger partial charge < -0.3 is 15.6 Å². The number of rotatable bonds is 2. The Balaban J connectivity index is 2.38. The molecule has 0 bridgehead atoms. The van der Waals surface area contributed by atoms with E-state index in [1.807, 2.05) is 0 Å². The molecule has 2 rings (SSSR count). The van der Waals surface area contributed by atoms with Gasteiger partial charge in [-0.1, -0.05) is 0 Å². The highest BCUT2D eigenvalue weighted by atomic mass is 19.4. The molecule has 1 aliphatic rings. The number of nitrogens with two attached hydrogens (primary N) is 1. The van der Waals surface area contributed by atoms with Gasteiger partial charge in [0.05, 0.1) is 12.7 Å². The van der Waals surface area contributed by atoms with Crippen molar-refractivity contribution in [3.8, 4) is 0 Å². The van der Waals surface area contributed by atoms with E-state index in [2.05, 4.69) is 4.98 Å². The number of halogens is 3. The summed E-state index contributed by atoms with van der Waals surface area (Å²) in [4.78, 5) is 14.9. The van der Waals surface area contributed by atoms with Gasteiger partial charge in [0.25, 0.3) is 0 Å². The summed E-state index contributed by atoms with van der Waals surface area (Å²) < 4.78 is 44.5. The van der Waals surface area contributed by atoms with Gasteiger partial charge in [-0.3, -0.25) is 4.57 Å². The van der Waals surface area contributed by atoms with Crippen LogP contribution in [0.1, 0.15) is 12.6 Å². The highest BCUT2D eigenvalue weighted by Crippen LogP contribution is 2.44. The molecule has 9 heteroatoms. The number of nitrogens with zero attached hydrogens (tertiary/aromatic N) is 2. The van der Waals surface area contributed by atoms with Crippen LogP contribution in [-0.2, 0) is 4.74 Å². The third kappa shape index (κ3) is 2.71. The van der Waals surface area contributed by atoms with Gasteiger partial charge in [0.1, 0.15) is 18.0 Å². The van der Waals surface area contributed by atoms with Gasteiger partial charge in [0.15, 0.2) is 0 Å². The van der Waals surface area contributed by atoms with E-state index in [4.69, 9.17) is 15.6 Å². The van der Waals surface area contributed by atoms with Crippen LogP contribution in [0.2, 0.25) is 0 Å². The Morgan fingerprint density at radius 3 is 2.79 bits per heavy atom. The van der Waals surface area contributed by atoms with Crippen LogP contribution in [0.3, 0.4) is 0 Å². The fourth-order valence-corrected chi connectivity index (χ4v) is 2.04. The molecule has 1 saturated heterocycles. The van der Waals surface area contributed by atoms with Crippen LogP contribution in [0.4, 0.5) is 19.0 Å². The van der Waals surface area contributed by atoms with Gasteiger partial charge in [-0.15, -0.1) is 0 Å². The normalized spacial score (nSPS) is 27.7. The first kappa shape index (κ1) is 13.8. The highest BCUT2D eigenvalue weighted by Gasteiger charge is 2.52. The number of aliphatic hydroxyl groups is 1. The predicted octanol–water partition coefficient (Wildman–Crippen LogP) is 0.284. The van der Waals surface area contributed by atoms with Crippen molar-refractivity contribution in [1.82, 2.24) is 9.55 Å². The molecule has 6 nitrogen and oxygen atoms in total. The van der Waals surface area contributed by atoms with Crippen LogP contribution < -0.4 is 11.4 Å². The third-order valence-corrected chi connectivity index (χ3v) is 2.94. The lowest BCUT2D eigenvalue weighted by molar-refractivity contribution is -0.198. The fraction of sp³-hybridized carbons (Fsp3) is 0.600. The van der Waals surface area contributed by atoms with Crippen molar-refractivity contribution in [1.29, 1.82) is 0 Å². The lowest BCUT2D eigenvalue weighted by atomic mass is 10.0. The Morgan fingerprint density at radius 1 is 1.58 bits per heavy atom. The third-order valence-electron chi connectivity index (χ3n) is 2.94. The molecular weight excluding hydrogens is 267 g/mol. The van der Waals surface area contributed by atoms with Crippen LogP contribution in [-0.4, -0.2) is 33.5 Å². The van der Waals surface area contributed by atoms with E-state index >= 15 is 0 Å². The molecule has 19 heavy (non-hydrogen) atoms. The first-order chi connectivity index (χ1) is 8.82. The van der Waals surface area contributed by atoms with Gasteiger partial charge >= 0.3 is 11.9 Å². The first-order valence-electron chi connectivity index (χ1n) is 5.50. The van der Waals surface area contributed by atoms with Crippen LogP contribution in [0, 0.1) is 5.92 Å². The van der Waals surface area contributed by atoms with Crippen molar-refractivity contribution in [2.75, 3.05) is 12.3 Å². The molecule has 1 aromatic rings. The molecule has 3 N–H and O–H groups in total. The van der Waals surface area contributed by atoms with Crippen LogP contribution in [0.25, 0.3) is 0 Å². The second kappa shape index (κ2) is 4.82. The van der Waals surface area contributed by atoms with E-state index in [0.717, 1.165) is 10.8 Å². The highest BCUT2D eigenvalue weighted by molar-refractivity contribution is 5.23. The van der Waals surface area contributed by atoms with Gasteiger partial charge in [-0.25, -0.2) is 4.79 Å². The maximum Gasteiger partial charge on any atom is 0.396 e. The van der Waals surface area contributed by atoms with E-state index in [1.165, 1.54) is 6.07 Å². The number of alkyl halides is 3. The summed E-state index contributed by atoms with van der Waals surface area (Å²) in [7, 11) is 0. The second-order valence-corrected chi connectivity index (χ2v) is 4.26. The van der Waals surface area contributed by atoms with Crippen molar-refractivity contribution in [3.05, 3.63) is 22.7 Å². The SMILES string of the molecule is Nc1ccn([C@@H]2O[C@H](CO)C[C@H]2C(F)(F)F)c(=O)n1. The molecule has 0 radical (unpaired) electrons. The number of aromatic nitrogens is 2. The van der Waals surface area contributed by atoms with Gasteiger partial charge in [-0.2, -0.15) is 18.2 Å². The zero-order valence-corrected chi connectivity index (χ0v) is 9.67. The average molecular weight is 279 g/mol. The minimum atomic E-state index is -4.53. The maximum absolute atomic E-state index is 12.9. The van der Waals surface area contributed by atoms with E-state index in [1.54, 1.807) is 0 Å². The zero-order chi connectivity index (χ0) is 14.2. The Hall–Kier alpha value is -1.61. The van der Waals surface area contributed by atoms with Crippen LogP contribution >= 0.6 is 0 Å². The lowest BCUT2D eigenvalue weighted by Gasteiger charge is -2.22. The topological polar surface area (TPSA) is 90.4 Å². The monoisotopic (exact) mass is 279 g/mol. The van der Waals surface area contributed by atoms with Crippen LogP contribution in [0.15, 0.2) is 17.1 Å². The Morgan fingerprint density at radius 2 is 2.26 bits per heavy atom. The molecule has 1 aliphatic heterocycles. The van der Waals surface area contributed by atoms with Gasteiger partial charge in [-0.05, 0) is 12.5 Å². The summed E-state index contributed by atoms with van der Waals surface area (Å²) in [6.07, 6.45) is -6.32. The number of anilines is 1. The van der Waals surface area contributed by atoms with Crippen molar-refractivity contribution in [3.63, 3.8) is 0 Å². The molecular formula is C10H12F3N3O3. The predicted molar refractivity (Wildman–Crippen MR) is 58.1 cm³/mol. The number of aliphatic hydroxyl groups excluding tert-OH is 1. The summed E-state index contributed by atoms with van der Waals surface area (Å²) in [6, 6.07) is 1.21. The molecule has 0 amide bonds. The van der Waals surface area contributed by atoms with Gasteiger partial charge in [0, 0.05) is 6.20 Å². The van der Waals surface area contributed by atoms with Crippen molar-refractivity contribution < 1.29 is 23.0 Å². The molecule has 106 valence electrons. The summed E-state index contributed by atoms with van der Waals surface area (Å²) in [5.74, 6) is -1.95. The smallest absolute Gasteiger partial charge is 0.394 e. The number of nitrogen functional groups attached to an aromatic ring is 1. The van der Waals surface area contributed by atoms with E-state index in [0.29, 0.717) is 0 Å². The van der Waals surface area contributed by atoms with Crippen molar-refractivity contribution in [2.24, 2.45) is 5.92 Å². The molecule has 2 heterocycles. The van der Waals surface area contributed by atoms with Crippen LogP contribution in [0.5, 0.6) is 0 Å². The minimum Gasteiger partial charge on any atom is -0.394 e. The molecule has 0 aromatic carbocycles. The molecule has 0 unspecified atom stereocenters. The standard InChI is InChI=1S/C10H12F3N3O3/c11-10(12,13)6-3-5(4-17)19-8(6)16-2-1-7(14)15-9(16)18/h1-2,5-6,8,17H,3-4H2,(H2,14,15,18)/t5-,6+,8+/m0/s1. The summed E-state index contributed by atoms with van der Waals surface area (Å²) in [6.45, 7) is -0.541. The molecule has 1 fully saturated rings. The Labute approximate surface area is 105 Å². The summed E-state index contributed by atoms with van der Waals surface area (Å²) in [5.41, 5.74) is 4.35. The molecule has 3 atom stereocenters. The zero-order valence-electron chi connectivity index (χ0n) is 9.67. The molecule has 0 aliphatic carbocycles. The molecule has 1 aromatic heterocycles. The van der Waals surface area contributed by atoms with E-state index in [-0.39, 0.29) is 5.82 Å². The quantitative estimate of drug-likeness (QED) is 0.811. The Bertz CT molecular complexity index is 517. The Kier molecular flexibility index (Phi) is 3.50. The molecule has 0 spiro atoms. The van der Waals surface area contributed by atoms with E-state index in [9.17, 15) is 18.0 Å². The average Bonchev–Trinajstić information content (AvgIpc) is 2.72. The van der Waals surface area contributed by atoms with Crippen molar-refractivity contribution in [2.45, 2.75) is 24.9 Å². The number of ether oxygens (including phenoxy) is 1. The minimum absolute atomic E-state index is 0.0819. The second-order valence-electron chi connectivity index (χ2n) is 4.26. The maximum atomic E-state index is 12.9. The summed E-state index contributed by atoms with van der Waals surface area (Å²) in [5, 5.41) is 8.91. The fourth-order valence-electron chi connectivity index (χ4n) is 2.04. The largest absolute Gasteiger partial charge is 0.396 e. The number of hydrogen-bond acceptors (Lipinski definition) is 5. The summed E-state index contributed by atoms with van der Waals surface area (Å²) >= 11 is 0. The first-order valence-corrected chi connectivity index (χ1v) is 5.50. The van der Waals surface area contributed by atoms with Crippen molar-refractivity contribution >= 4 is 5.82 Å². The van der Waals surface area contributed by atoms with E-state index < -0.39 is 43.1 Å². The molecule has 0 saturated carbocycles. The number of hydrogen-bond donors (Lipinski definition) is 2. The lowest BCUT2D eigenvalue weighted by Crippen LogP contribution is -2.35.